The van der Waals surface area contributed by atoms with Crippen molar-refractivity contribution in [3.63, 3.8) is 0 Å². The zero-order valence-electron chi connectivity index (χ0n) is 7.64. The van der Waals surface area contributed by atoms with Crippen LogP contribution in [0.3, 0.4) is 0 Å². The van der Waals surface area contributed by atoms with Gasteiger partial charge in [-0.1, -0.05) is 0 Å². The zero-order chi connectivity index (χ0) is 9.64. The molecule has 0 aromatic carbocycles. The molecular weight excluding hydrogens is 176 g/mol. The van der Waals surface area contributed by atoms with Crippen molar-refractivity contribution < 1.29 is 24.4 Å². The molecule has 2 fully saturated rings. The summed E-state index contributed by atoms with van der Waals surface area (Å²) in [6.07, 6.45) is -2.43. The Balaban J connectivity index is 2.07. The van der Waals surface area contributed by atoms with Crippen LogP contribution in [0.5, 0.6) is 0 Å². The highest BCUT2D eigenvalue weighted by atomic mass is 16.8. The Morgan fingerprint density at radius 2 is 2.00 bits per heavy atom. The van der Waals surface area contributed by atoms with E-state index in [0.29, 0.717) is 0 Å². The van der Waals surface area contributed by atoms with Crippen LogP contribution in [0.2, 0.25) is 0 Å². The molecule has 76 valence electrons. The molecule has 0 aromatic rings. The summed E-state index contributed by atoms with van der Waals surface area (Å²) in [4.78, 5) is 0. The largest absolute Gasteiger partial charge is 0.394 e. The van der Waals surface area contributed by atoms with E-state index >= 15 is 0 Å². The van der Waals surface area contributed by atoms with Crippen LogP contribution in [0.15, 0.2) is 0 Å². The fourth-order valence-electron chi connectivity index (χ4n) is 1.71. The third-order valence-corrected chi connectivity index (χ3v) is 2.29. The van der Waals surface area contributed by atoms with Crippen molar-refractivity contribution in [2.24, 2.45) is 0 Å². The molecule has 0 aliphatic carbocycles. The third kappa shape index (κ3) is 1.47. The summed E-state index contributed by atoms with van der Waals surface area (Å²) < 4.78 is 16.0. The first-order valence-electron chi connectivity index (χ1n) is 4.33. The summed E-state index contributed by atoms with van der Waals surface area (Å²) in [5, 5.41) is 18.4. The summed E-state index contributed by atoms with van der Waals surface area (Å²) in [6, 6.07) is 0. The topological polar surface area (TPSA) is 68.2 Å². The number of fused-ring (bicyclic) bond motifs is 1. The summed E-state index contributed by atoms with van der Waals surface area (Å²) >= 11 is 0. The monoisotopic (exact) mass is 190 g/mol. The van der Waals surface area contributed by atoms with E-state index in [9.17, 15) is 5.11 Å². The number of ether oxygens (including phenoxy) is 3. The van der Waals surface area contributed by atoms with Crippen molar-refractivity contribution in [3.8, 4) is 0 Å². The first-order valence-corrected chi connectivity index (χ1v) is 4.33. The van der Waals surface area contributed by atoms with Crippen LogP contribution in [0.4, 0.5) is 0 Å². The van der Waals surface area contributed by atoms with Gasteiger partial charge in [-0.3, -0.25) is 0 Å². The maximum atomic E-state index is 9.60. The van der Waals surface area contributed by atoms with Gasteiger partial charge >= 0.3 is 0 Å². The van der Waals surface area contributed by atoms with Crippen molar-refractivity contribution in [1.82, 2.24) is 0 Å². The highest BCUT2D eigenvalue weighted by Gasteiger charge is 2.53. The van der Waals surface area contributed by atoms with E-state index < -0.39 is 30.4 Å². The molecule has 5 nitrogen and oxygen atoms in total. The maximum absolute atomic E-state index is 9.60. The van der Waals surface area contributed by atoms with Gasteiger partial charge in [0, 0.05) is 0 Å². The van der Waals surface area contributed by atoms with Gasteiger partial charge in [0.2, 0.25) is 0 Å². The number of rotatable bonds is 1. The molecule has 2 heterocycles. The molecule has 2 rings (SSSR count). The molecule has 5 heteroatoms. The Hall–Kier alpha value is -0.200. The van der Waals surface area contributed by atoms with Gasteiger partial charge in [0.25, 0.3) is 0 Å². The summed E-state index contributed by atoms with van der Waals surface area (Å²) in [5.41, 5.74) is 0. The minimum absolute atomic E-state index is 0.221. The average Bonchev–Trinajstić information content (AvgIpc) is 2.47. The molecule has 2 unspecified atom stereocenters. The molecule has 2 saturated heterocycles. The second-order valence-corrected chi connectivity index (χ2v) is 3.82. The van der Waals surface area contributed by atoms with Crippen molar-refractivity contribution >= 4 is 0 Å². The Labute approximate surface area is 76.2 Å². The molecule has 0 saturated carbocycles. The molecule has 4 atom stereocenters. The maximum Gasteiger partial charge on any atom is 0.190 e. The number of aliphatic hydroxyl groups is 2. The van der Waals surface area contributed by atoms with E-state index in [1.165, 1.54) is 0 Å². The van der Waals surface area contributed by atoms with Crippen LogP contribution in [0.25, 0.3) is 0 Å². The second kappa shape index (κ2) is 2.90. The summed E-state index contributed by atoms with van der Waals surface area (Å²) in [6.45, 7) is 3.30. The van der Waals surface area contributed by atoms with Gasteiger partial charge in [-0.25, -0.2) is 0 Å². The Morgan fingerprint density at radius 3 is 2.54 bits per heavy atom. The van der Waals surface area contributed by atoms with Gasteiger partial charge in [0.1, 0.15) is 18.3 Å². The van der Waals surface area contributed by atoms with Crippen LogP contribution in [0.1, 0.15) is 13.8 Å². The quantitative estimate of drug-likeness (QED) is 0.567. The van der Waals surface area contributed by atoms with Crippen molar-refractivity contribution in [3.05, 3.63) is 0 Å². The van der Waals surface area contributed by atoms with Crippen molar-refractivity contribution in [2.45, 2.75) is 44.2 Å². The normalized spacial score (nSPS) is 48.0. The lowest BCUT2D eigenvalue weighted by atomic mass is 10.1. The van der Waals surface area contributed by atoms with E-state index in [-0.39, 0.29) is 6.61 Å². The van der Waals surface area contributed by atoms with E-state index in [0.717, 1.165) is 0 Å². The highest BCUT2D eigenvalue weighted by molar-refractivity contribution is 4.92. The first-order chi connectivity index (χ1) is 6.03. The molecule has 2 aliphatic rings. The fourth-order valence-corrected chi connectivity index (χ4v) is 1.71. The predicted molar refractivity (Wildman–Crippen MR) is 41.8 cm³/mol. The predicted octanol–water partition coefficient (Wildman–Crippen LogP) is -0.784. The molecule has 2 aliphatic heterocycles. The molecule has 0 radical (unpaired) electrons. The van der Waals surface area contributed by atoms with Crippen LogP contribution < -0.4 is 0 Å². The van der Waals surface area contributed by atoms with Gasteiger partial charge in [-0.15, -0.1) is 0 Å². The lowest BCUT2D eigenvalue weighted by molar-refractivity contribution is -0.218. The zero-order valence-corrected chi connectivity index (χ0v) is 7.64. The van der Waals surface area contributed by atoms with Gasteiger partial charge in [-0.2, -0.15) is 0 Å². The first kappa shape index (κ1) is 9.36. The Bertz CT molecular complexity index is 205. The van der Waals surface area contributed by atoms with Gasteiger partial charge < -0.3 is 24.4 Å². The minimum atomic E-state index is -0.809. The smallest absolute Gasteiger partial charge is 0.190 e. The lowest BCUT2D eigenvalue weighted by Gasteiger charge is -2.21. The molecule has 13 heavy (non-hydrogen) atoms. The molecule has 2 N–H and O–H groups in total. The van der Waals surface area contributed by atoms with E-state index in [2.05, 4.69) is 0 Å². The third-order valence-electron chi connectivity index (χ3n) is 2.29. The van der Waals surface area contributed by atoms with Gasteiger partial charge in [0.15, 0.2) is 12.1 Å². The average molecular weight is 190 g/mol. The van der Waals surface area contributed by atoms with Crippen molar-refractivity contribution in [2.75, 3.05) is 6.61 Å². The van der Waals surface area contributed by atoms with Crippen LogP contribution in [-0.4, -0.2) is 47.2 Å². The number of hydrogen-bond acceptors (Lipinski definition) is 5. The Morgan fingerprint density at radius 1 is 1.31 bits per heavy atom. The SMILES string of the molecule is CC1(C)OC2OC(CO)[C@H](O)[C@H]2O1. The molecule has 0 bridgehead atoms. The fraction of sp³-hybridized carbons (Fsp3) is 1.00. The minimum Gasteiger partial charge on any atom is -0.394 e. The van der Waals surface area contributed by atoms with Crippen molar-refractivity contribution in [1.29, 1.82) is 0 Å². The molecule has 0 spiro atoms. The van der Waals surface area contributed by atoms with E-state index in [4.69, 9.17) is 19.3 Å². The van der Waals surface area contributed by atoms with Crippen LogP contribution in [-0.2, 0) is 14.2 Å². The van der Waals surface area contributed by atoms with Crippen LogP contribution >= 0.6 is 0 Å². The second-order valence-electron chi connectivity index (χ2n) is 3.82. The lowest BCUT2D eigenvalue weighted by Crippen LogP contribution is -2.36. The molecule has 0 aromatic heterocycles. The number of aliphatic hydroxyl groups excluding tert-OH is 2. The van der Waals surface area contributed by atoms with Gasteiger partial charge in [0.05, 0.1) is 6.61 Å². The van der Waals surface area contributed by atoms with Crippen LogP contribution in [0, 0.1) is 0 Å². The Kier molecular flexibility index (Phi) is 2.08. The van der Waals surface area contributed by atoms with E-state index in [1.807, 2.05) is 0 Å². The van der Waals surface area contributed by atoms with E-state index in [1.54, 1.807) is 13.8 Å². The summed E-state index contributed by atoms with van der Waals surface area (Å²) in [7, 11) is 0. The number of hydrogen-bond donors (Lipinski definition) is 2. The highest BCUT2D eigenvalue weighted by Crippen LogP contribution is 2.36. The van der Waals surface area contributed by atoms with Gasteiger partial charge in [-0.05, 0) is 13.8 Å². The standard InChI is InChI=1S/C8H14O5/c1-8(2)12-6-5(10)4(3-9)11-7(6)13-8/h4-7,9-10H,3H2,1-2H3/t4?,5-,6+,7?/m0/s1. The molecular formula is C8H14O5. The summed E-state index contributed by atoms with van der Waals surface area (Å²) in [5.74, 6) is -0.712. The molecule has 0 amide bonds.